The fourth-order valence-electron chi connectivity index (χ4n) is 1.06. The van der Waals surface area contributed by atoms with Crippen molar-refractivity contribution in [2.75, 3.05) is 6.61 Å². The van der Waals surface area contributed by atoms with Crippen molar-refractivity contribution in [3.63, 3.8) is 0 Å². The molecule has 0 fully saturated rings. The Hall–Kier alpha value is -0.00623. The Labute approximate surface area is 97.6 Å². The SMILES string of the molecule is C1=Cc2ccccc2OC1.[Nb].[Ni]. The molecule has 1 aromatic rings. The van der Waals surface area contributed by atoms with Gasteiger partial charge in [-0.25, -0.2) is 0 Å². The fourth-order valence-corrected chi connectivity index (χ4v) is 1.06. The summed E-state index contributed by atoms with van der Waals surface area (Å²) in [5, 5.41) is 0. The standard InChI is InChI=1S/C9H8O.Nb.Ni/c1-2-6-9-8(4-1)5-3-7-10-9;;/h1-6H,7H2;;. The van der Waals surface area contributed by atoms with E-state index in [4.69, 9.17) is 4.74 Å². The molecular formula is C9H8NbNiO. The van der Waals surface area contributed by atoms with Crippen LogP contribution in [0.3, 0.4) is 0 Å². The molecule has 0 unspecified atom stereocenters. The van der Waals surface area contributed by atoms with Crippen LogP contribution in [0.4, 0.5) is 0 Å². The van der Waals surface area contributed by atoms with Gasteiger partial charge in [0, 0.05) is 44.4 Å². The molecule has 0 atom stereocenters. The first-order valence-electron chi connectivity index (χ1n) is 3.35. The van der Waals surface area contributed by atoms with Crippen LogP contribution >= 0.6 is 0 Å². The van der Waals surface area contributed by atoms with Crippen LogP contribution in [0.1, 0.15) is 5.56 Å². The number of hydrogen-bond acceptors (Lipinski definition) is 1. The molecule has 0 saturated carbocycles. The summed E-state index contributed by atoms with van der Waals surface area (Å²) >= 11 is 0. The summed E-state index contributed by atoms with van der Waals surface area (Å²) in [5.41, 5.74) is 1.17. The maximum absolute atomic E-state index is 5.34. The Morgan fingerprint density at radius 3 is 2.67 bits per heavy atom. The second-order valence-electron chi connectivity index (χ2n) is 2.25. The fraction of sp³-hybridized carbons (Fsp3) is 0.111. The Kier molecular flexibility index (Phi) is 5.60. The summed E-state index contributed by atoms with van der Waals surface area (Å²) in [6, 6.07) is 8.03. The number of hydrogen-bond donors (Lipinski definition) is 0. The predicted molar refractivity (Wildman–Crippen MR) is 41.0 cm³/mol. The molecule has 65 valence electrons. The van der Waals surface area contributed by atoms with Crippen LogP contribution in [0, 0.1) is 0 Å². The van der Waals surface area contributed by atoms with Gasteiger partial charge in [0.15, 0.2) is 0 Å². The van der Waals surface area contributed by atoms with Crippen molar-refractivity contribution in [1.82, 2.24) is 0 Å². The van der Waals surface area contributed by atoms with E-state index >= 15 is 0 Å². The Bertz CT molecular complexity index is 273. The van der Waals surface area contributed by atoms with Crippen LogP contribution in [-0.2, 0) is 38.9 Å². The van der Waals surface area contributed by atoms with Crippen LogP contribution in [0.25, 0.3) is 6.08 Å². The number of benzene rings is 1. The van der Waals surface area contributed by atoms with Crippen molar-refractivity contribution in [3.05, 3.63) is 35.9 Å². The average Bonchev–Trinajstić information content (AvgIpc) is 2.05. The number of rotatable bonds is 0. The molecule has 0 amide bonds. The van der Waals surface area contributed by atoms with E-state index in [1.54, 1.807) is 0 Å². The first kappa shape index (κ1) is 12.0. The van der Waals surface area contributed by atoms with Gasteiger partial charge in [-0.1, -0.05) is 24.3 Å². The first-order chi connectivity index (χ1) is 4.97. The summed E-state index contributed by atoms with van der Waals surface area (Å²) in [5.74, 6) is 0.991. The van der Waals surface area contributed by atoms with Gasteiger partial charge in [-0.15, -0.1) is 0 Å². The molecule has 0 bridgehead atoms. The Balaban J connectivity index is 0.000000605. The third-order valence-corrected chi connectivity index (χ3v) is 1.55. The van der Waals surface area contributed by atoms with E-state index in [2.05, 4.69) is 6.08 Å². The van der Waals surface area contributed by atoms with Crippen LogP contribution in [0.15, 0.2) is 30.3 Å². The summed E-state index contributed by atoms with van der Waals surface area (Å²) in [6.07, 6.45) is 4.10. The zero-order valence-electron chi connectivity index (χ0n) is 6.34. The van der Waals surface area contributed by atoms with Crippen LogP contribution in [-0.4, -0.2) is 6.61 Å². The van der Waals surface area contributed by atoms with Gasteiger partial charge in [0.05, 0.1) is 0 Å². The van der Waals surface area contributed by atoms with Crippen LogP contribution < -0.4 is 4.74 Å². The van der Waals surface area contributed by atoms with E-state index in [1.807, 2.05) is 30.3 Å². The van der Waals surface area contributed by atoms with Gasteiger partial charge in [-0.3, -0.25) is 0 Å². The van der Waals surface area contributed by atoms with Gasteiger partial charge in [-0.2, -0.15) is 0 Å². The molecule has 2 rings (SSSR count). The van der Waals surface area contributed by atoms with Gasteiger partial charge < -0.3 is 4.74 Å². The van der Waals surface area contributed by atoms with E-state index in [9.17, 15) is 0 Å². The minimum absolute atomic E-state index is 0. The zero-order chi connectivity index (χ0) is 6.81. The van der Waals surface area contributed by atoms with Gasteiger partial charge >= 0.3 is 0 Å². The monoisotopic (exact) mass is 283 g/mol. The third-order valence-electron chi connectivity index (χ3n) is 1.55. The molecule has 1 aliphatic heterocycles. The molecule has 1 aliphatic rings. The van der Waals surface area contributed by atoms with Gasteiger partial charge in [0.2, 0.25) is 0 Å². The number of para-hydroxylation sites is 1. The molecule has 0 aliphatic carbocycles. The van der Waals surface area contributed by atoms with Crippen LogP contribution in [0.5, 0.6) is 5.75 Å². The van der Waals surface area contributed by atoms with Gasteiger partial charge in [0.25, 0.3) is 0 Å². The summed E-state index contributed by atoms with van der Waals surface area (Å²) < 4.78 is 5.34. The van der Waals surface area contributed by atoms with E-state index in [0.717, 1.165) is 5.75 Å². The second-order valence-corrected chi connectivity index (χ2v) is 2.25. The normalized spacial score (nSPS) is 11.7. The molecule has 1 aromatic carbocycles. The third kappa shape index (κ3) is 2.50. The Morgan fingerprint density at radius 2 is 1.92 bits per heavy atom. The van der Waals surface area contributed by atoms with E-state index in [0.29, 0.717) is 6.61 Å². The molecular weight excluding hydrogens is 276 g/mol. The molecule has 1 heterocycles. The van der Waals surface area contributed by atoms with Gasteiger partial charge in [-0.05, 0) is 12.1 Å². The largest absolute Gasteiger partial charge is 0.489 e. The Morgan fingerprint density at radius 1 is 1.17 bits per heavy atom. The molecule has 0 aromatic heterocycles. The topological polar surface area (TPSA) is 9.23 Å². The van der Waals surface area contributed by atoms with E-state index in [-0.39, 0.29) is 38.9 Å². The van der Waals surface area contributed by atoms with Gasteiger partial charge in [0.1, 0.15) is 12.4 Å². The molecule has 3 heteroatoms. The quantitative estimate of drug-likeness (QED) is 0.663. The number of ether oxygens (including phenoxy) is 1. The van der Waals surface area contributed by atoms with Crippen molar-refractivity contribution < 1.29 is 43.6 Å². The summed E-state index contributed by atoms with van der Waals surface area (Å²) in [6.45, 7) is 0.705. The van der Waals surface area contributed by atoms with Crippen molar-refractivity contribution in [3.8, 4) is 5.75 Å². The summed E-state index contributed by atoms with van der Waals surface area (Å²) in [7, 11) is 0. The first-order valence-corrected chi connectivity index (χ1v) is 3.35. The van der Waals surface area contributed by atoms with Crippen LogP contribution in [0.2, 0.25) is 0 Å². The molecule has 0 saturated heterocycles. The molecule has 1 radical (unpaired) electrons. The average molecular weight is 284 g/mol. The summed E-state index contributed by atoms with van der Waals surface area (Å²) in [4.78, 5) is 0. The smallest absolute Gasteiger partial charge is 0.126 e. The van der Waals surface area contributed by atoms with E-state index < -0.39 is 0 Å². The molecule has 1 nitrogen and oxygen atoms in total. The predicted octanol–water partition coefficient (Wildman–Crippen LogP) is 2.09. The maximum Gasteiger partial charge on any atom is 0.126 e. The maximum atomic E-state index is 5.34. The molecule has 0 spiro atoms. The van der Waals surface area contributed by atoms with Crippen molar-refractivity contribution >= 4 is 6.08 Å². The molecule has 12 heavy (non-hydrogen) atoms. The second kappa shape index (κ2) is 5.61. The minimum atomic E-state index is 0. The minimum Gasteiger partial charge on any atom is -0.489 e. The van der Waals surface area contributed by atoms with E-state index in [1.165, 1.54) is 5.56 Å². The zero-order valence-corrected chi connectivity index (χ0v) is 9.53. The molecule has 0 N–H and O–H groups in total. The van der Waals surface area contributed by atoms with Crippen molar-refractivity contribution in [2.45, 2.75) is 0 Å². The van der Waals surface area contributed by atoms with Crippen molar-refractivity contribution in [1.29, 1.82) is 0 Å². The number of fused-ring (bicyclic) bond motifs is 1. The van der Waals surface area contributed by atoms with Crippen molar-refractivity contribution in [2.24, 2.45) is 0 Å².